The van der Waals surface area contributed by atoms with Crippen molar-refractivity contribution in [2.45, 2.75) is 45.1 Å². The molecular weight excluding hydrogens is 250 g/mol. The number of carbonyl (C=O) groups excluding carboxylic acids is 1. The van der Waals surface area contributed by atoms with E-state index in [1.165, 1.54) is 6.42 Å². The molecule has 0 radical (unpaired) electrons. The summed E-state index contributed by atoms with van der Waals surface area (Å²) in [7, 11) is 0. The molecule has 4 heteroatoms. The summed E-state index contributed by atoms with van der Waals surface area (Å²) in [6.07, 6.45) is 5.81. The molecule has 1 aliphatic rings. The van der Waals surface area contributed by atoms with Crippen LogP contribution in [0.1, 0.15) is 48.7 Å². The van der Waals surface area contributed by atoms with Gasteiger partial charge in [-0.1, -0.05) is 19.8 Å². The van der Waals surface area contributed by atoms with Crippen molar-refractivity contribution >= 4 is 17.5 Å². The van der Waals surface area contributed by atoms with Crippen molar-refractivity contribution in [3.63, 3.8) is 0 Å². The van der Waals surface area contributed by atoms with E-state index in [9.17, 15) is 4.79 Å². The van der Waals surface area contributed by atoms with Crippen molar-refractivity contribution in [3.8, 4) is 0 Å². The molecule has 1 aromatic heterocycles. The summed E-state index contributed by atoms with van der Waals surface area (Å²) in [5.41, 5.74) is 0.359. The summed E-state index contributed by atoms with van der Waals surface area (Å²) in [5, 5.41) is 3.12. The Morgan fingerprint density at radius 1 is 1.67 bits per heavy atom. The Morgan fingerprint density at radius 3 is 3.00 bits per heavy atom. The molecule has 1 saturated carbocycles. The molecular formula is C14H20ClNO2. The van der Waals surface area contributed by atoms with E-state index in [0.717, 1.165) is 19.3 Å². The molecule has 1 heterocycles. The molecule has 0 aliphatic heterocycles. The highest BCUT2D eigenvalue weighted by molar-refractivity contribution is 6.19. The smallest absolute Gasteiger partial charge is 0.255 e. The van der Waals surface area contributed by atoms with Crippen LogP contribution >= 0.6 is 11.6 Å². The van der Waals surface area contributed by atoms with Crippen molar-refractivity contribution in [1.82, 2.24) is 5.32 Å². The summed E-state index contributed by atoms with van der Waals surface area (Å²) in [6, 6.07) is 1.71. The normalized spacial score (nSPS) is 28.1. The van der Waals surface area contributed by atoms with Gasteiger partial charge in [-0.3, -0.25) is 4.79 Å². The number of carbonyl (C=O) groups is 1. The first-order valence-electron chi connectivity index (χ1n) is 6.49. The molecule has 1 fully saturated rings. The molecule has 1 aromatic rings. The van der Waals surface area contributed by atoms with Crippen LogP contribution in [0.2, 0.25) is 0 Å². The van der Waals surface area contributed by atoms with Gasteiger partial charge < -0.3 is 9.73 Å². The molecule has 100 valence electrons. The predicted molar refractivity (Wildman–Crippen MR) is 72.0 cm³/mol. The summed E-state index contributed by atoms with van der Waals surface area (Å²) >= 11 is 6.11. The molecule has 0 saturated heterocycles. The maximum atomic E-state index is 12.2. The zero-order valence-corrected chi connectivity index (χ0v) is 11.7. The van der Waals surface area contributed by atoms with Crippen molar-refractivity contribution in [3.05, 3.63) is 23.7 Å². The van der Waals surface area contributed by atoms with Gasteiger partial charge in [0.25, 0.3) is 5.91 Å². The van der Waals surface area contributed by atoms with Gasteiger partial charge in [0, 0.05) is 5.88 Å². The van der Waals surface area contributed by atoms with Gasteiger partial charge in [-0.25, -0.2) is 0 Å². The van der Waals surface area contributed by atoms with Gasteiger partial charge in [-0.05, 0) is 31.7 Å². The Morgan fingerprint density at radius 2 is 2.44 bits per heavy atom. The molecule has 2 atom stereocenters. The fourth-order valence-corrected chi connectivity index (χ4v) is 3.17. The van der Waals surface area contributed by atoms with E-state index < -0.39 is 0 Å². The van der Waals surface area contributed by atoms with Crippen LogP contribution in [-0.4, -0.2) is 17.3 Å². The Bertz CT molecular complexity index is 429. The lowest BCUT2D eigenvalue weighted by Gasteiger charge is -2.39. The first-order chi connectivity index (χ1) is 8.56. The average molecular weight is 270 g/mol. The third-order valence-corrected chi connectivity index (χ3v) is 4.34. The summed E-state index contributed by atoms with van der Waals surface area (Å²) in [6.45, 7) is 4.02. The Hall–Kier alpha value is -0.960. The van der Waals surface area contributed by atoms with Gasteiger partial charge in [0.2, 0.25) is 0 Å². The minimum Gasteiger partial charge on any atom is -0.469 e. The summed E-state index contributed by atoms with van der Waals surface area (Å²) < 4.78 is 5.17. The topological polar surface area (TPSA) is 42.2 Å². The number of aryl methyl sites for hydroxylation is 1. The van der Waals surface area contributed by atoms with Crippen molar-refractivity contribution in [1.29, 1.82) is 0 Å². The summed E-state index contributed by atoms with van der Waals surface area (Å²) in [4.78, 5) is 12.2. The molecule has 18 heavy (non-hydrogen) atoms. The van der Waals surface area contributed by atoms with E-state index >= 15 is 0 Å². The molecule has 1 amide bonds. The van der Waals surface area contributed by atoms with Gasteiger partial charge in [0.1, 0.15) is 5.76 Å². The van der Waals surface area contributed by atoms with E-state index in [1.807, 2.05) is 0 Å². The van der Waals surface area contributed by atoms with Crippen LogP contribution in [0.3, 0.4) is 0 Å². The maximum Gasteiger partial charge on any atom is 0.255 e. The molecule has 3 nitrogen and oxygen atoms in total. The standard InChI is InChI=1S/C14H20ClNO2/c1-10-4-3-6-14(8-10,9-15)16-13(17)12-5-7-18-11(12)2/h5,7,10H,3-4,6,8-9H2,1-2H3,(H,16,17). The second-order valence-electron chi connectivity index (χ2n) is 5.46. The lowest BCUT2D eigenvalue weighted by molar-refractivity contribution is 0.0866. The van der Waals surface area contributed by atoms with E-state index in [0.29, 0.717) is 23.1 Å². The number of hydrogen-bond acceptors (Lipinski definition) is 2. The third kappa shape index (κ3) is 2.72. The van der Waals surface area contributed by atoms with Crippen LogP contribution < -0.4 is 5.32 Å². The summed E-state index contributed by atoms with van der Waals surface area (Å²) in [5.74, 6) is 1.67. The fourth-order valence-electron chi connectivity index (χ4n) is 2.86. The number of alkyl halides is 1. The number of hydrogen-bond donors (Lipinski definition) is 1. The van der Waals surface area contributed by atoms with Crippen LogP contribution in [0.25, 0.3) is 0 Å². The lowest BCUT2D eigenvalue weighted by atomic mass is 9.77. The van der Waals surface area contributed by atoms with Gasteiger partial charge in [0.15, 0.2) is 0 Å². The minimum atomic E-state index is -0.250. The number of amides is 1. The first kappa shape index (κ1) is 13.5. The highest BCUT2D eigenvalue weighted by Crippen LogP contribution is 2.33. The number of rotatable bonds is 3. The van der Waals surface area contributed by atoms with Crippen LogP contribution in [0.4, 0.5) is 0 Å². The van der Waals surface area contributed by atoms with Crippen LogP contribution in [0, 0.1) is 12.8 Å². The quantitative estimate of drug-likeness (QED) is 0.854. The van der Waals surface area contributed by atoms with E-state index in [2.05, 4.69) is 12.2 Å². The van der Waals surface area contributed by atoms with Gasteiger partial charge in [0.05, 0.1) is 17.4 Å². The second kappa shape index (κ2) is 5.35. The minimum absolute atomic E-state index is 0.0731. The molecule has 0 bridgehead atoms. The molecule has 2 rings (SSSR count). The Labute approximate surface area is 113 Å². The van der Waals surface area contributed by atoms with Crippen LogP contribution in [0.5, 0.6) is 0 Å². The molecule has 0 spiro atoms. The Kier molecular flexibility index (Phi) is 4.00. The molecule has 1 N–H and O–H groups in total. The van der Waals surface area contributed by atoms with Crippen LogP contribution in [-0.2, 0) is 0 Å². The molecule has 0 aromatic carbocycles. The van der Waals surface area contributed by atoms with E-state index in [1.54, 1.807) is 19.3 Å². The molecule has 1 aliphatic carbocycles. The Balaban J connectivity index is 2.11. The van der Waals surface area contributed by atoms with Crippen molar-refractivity contribution in [2.24, 2.45) is 5.92 Å². The molecule has 2 unspecified atom stereocenters. The fraction of sp³-hybridized carbons (Fsp3) is 0.643. The van der Waals surface area contributed by atoms with Gasteiger partial charge in [-0.2, -0.15) is 0 Å². The van der Waals surface area contributed by atoms with Gasteiger partial charge >= 0.3 is 0 Å². The highest BCUT2D eigenvalue weighted by atomic mass is 35.5. The maximum absolute atomic E-state index is 12.2. The SMILES string of the molecule is Cc1occc1C(=O)NC1(CCl)CCCC(C)C1. The lowest BCUT2D eigenvalue weighted by Crippen LogP contribution is -2.52. The van der Waals surface area contributed by atoms with Crippen molar-refractivity contribution in [2.75, 3.05) is 5.88 Å². The number of halogens is 1. The largest absolute Gasteiger partial charge is 0.469 e. The second-order valence-corrected chi connectivity index (χ2v) is 5.73. The van der Waals surface area contributed by atoms with E-state index in [4.69, 9.17) is 16.0 Å². The third-order valence-electron chi connectivity index (χ3n) is 3.83. The predicted octanol–water partition coefficient (Wildman–Crippen LogP) is 3.51. The number of furan rings is 1. The highest BCUT2D eigenvalue weighted by Gasteiger charge is 2.36. The van der Waals surface area contributed by atoms with E-state index in [-0.39, 0.29) is 11.4 Å². The average Bonchev–Trinajstić information content (AvgIpc) is 2.75. The van der Waals surface area contributed by atoms with Crippen molar-refractivity contribution < 1.29 is 9.21 Å². The van der Waals surface area contributed by atoms with Gasteiger partial charge in [-0.15, -0.1) is 11.6 Å². The number of nitrogens with one attached hydrogen (secondary N) is 1. The monoisotopic (exact) mass is 269 g/mol. The zero-order chi connectivity index (χ0) is 13.2. The zero-order valence-electron chi connectivity index (χ0n) is 11.0. The van der Waals surface area contributed by atoms with Crippen LogP contribution in [0.15, 0.2) is 16.7 Å². The first-order valence-corrected chi connectivity index (χ1v) is 7.02.